The number of carbonyl (C=O) groups is 1. The summed E-state index contributed by atoms with van der Waals surface area (Å²) in [7, 11) is 0. The van der Waals surface area contributed by atoms with Gasteiger partial charge in [-0.1, -0.05) is 18.2 Å². The van der Waals surface area contributed by atoms with Crippen molar-refractivity contribution in [3.63, 3.8) is 0 Å². The molecule has 0 aromatic heterocycles. The zero-order valence-corrected chi connectivity index (χ0v) is 9.47. The average Bonchev–Trinajstić information content (AvgIpc) is 2.24. The molecule has 0 heterocycles. The minimum atomic E-state index is -4.64. The molecule has 19 heavy (non-hydrogen) atoms. The minimum Gasteiger partial charge on any atom is -0.481 e. The Morgan fingerprint density at radius 3 is 2.21 bits per heavy atom. The molecule has 7 heteroatoms. The lowest BCUT2D eigenvalue weighted by atomic mass is 9.62. The van der Waals surface area contributed by atoms with Crippen LogP contribution in [0.1, 0.15) is 24.0 Å². The van der Waals surface area contributed by atoms with Gasteiger partial charge < -0.3 is 5.11 Å². The monoisotopic (exact) mass is 280 g/mol. The summed E-state index contributed by atoms with van der Waals surface area (Å²) in [4.78, 5) is 11.1. The number of rotatable bonds is 2. The number of carboxylic acid groups (broad SMARTS) is 1. The Labute approximate surface area is 104 Å². The summed E-state index contributed by atoms with van der Waals surface area (Å²) in [6.07, 6.45) is -6.59. The normalized spacial score (nSPS) is 20.7. The van der Waals surface area contributed by atoms with Gasteiger partial charge in [0, 0.05) is 12.8 Å². The molecule has 0 atom stereocenters. The lowest BCUT2D eigenvalue weighted by molar-refractivity contribution is -0.174. The van der Waals surface area contributed by atoms with Crippen molar-refractivity contribution >= 4 is 5.97 Å². The number of aliphatic carboxylic acids is 1. The summed E-state index contributed by atoms with van der Waals surface area (Å²) >= 11 is 0. The van der Waals surface area contributed by atoms with Crippen LogP contribution in [-0.4, -0.2) is 17.0 Å². The first kappa shape index (κ1) is 13.8. The minimum absolute atomic E-state index is 0.235. The highest BCUT2D eigenvalue weighted by atomic mass is 19.4. The third-order valence-corrected chi connectivity index (χ3v) is 3.27. The van der Waals surface area contributed by atoms with E-state index in [0.717, 1.165) is 18.2 Å². The number of alkyl halides is 5. The predicted octanol–water partition coefficient (Wildman–Crippen LogP) is 3.46. The first-order valence-electron chi connectivity index (χ1n) is 5.36. The van der Waals surface area contributed by atoms with Crippen LogP contribution >= 0.6 is 0 Å². The third-order valence-electron chi connectivity index (χ3n) is 3.27. The van der Waals surface area contributed by atoms with E-state index >= 15 is 0 Å². The van der Waals surface area contributed by atoms with Crippen LogP contribution < -0.4 is 0 Å². The van der Waals surface area contributed by atoms with Crippen molar-refractivity contribution in [2.75, 3.05) is 0 Å². The van der Waals surface area contributed by atoms with Crippen molar-refractivity contribution in [1.29, 1.82) is 0 Å². The third kappa shape index (κ3) is 2.29. The number of benzene rings is 1. The average molecular weight is 280 g/mol. The van der Waals surface area contributed by atoms with Gasteiger partial charge in [-0.3, -0.25) is 4.79 Å². The van der Waals surface area contributed by atoms with Crippen molar-refractivity contribution < 1.29 is 31.9 Å². The second-order valence-corrected chi connectivity index (χ2v) is 4.68. The van der Waals surface area contributed by atoms with Crippen LogP contribution in [0.2, 0.25) is 0 Å². The van der Waals surface area contributed by atoms with E-state index in [1.54, 1.807) is 0 Å². The molecule has 1 aromatic carbocycles. The molecule has 1 aromatic rings. The highest BCUT2D eigenvalue weighted by Gasteiger charge is 2.62. The molecular weight excluding hydrogens is 271 g/mol. The predicted molar refractivity (Wildman–Crippen MR) is 54.9 cm³/mol. The van der Waals surface area contributed by atoms with Crippen LogP contribution in [0.5, 0.6) is 0 Å². The molecule has 0 amide bonds. The van der Waals surface area contributed by atoms with Crippen LogP contribution in [0.25, 0.3) is 0 Å². The van der Waals surface area contributed by atoms with Crippen LogP contribution in [0.4, 0.5) is 22.0 Å². The summed E-state index contributed by atoms with van der Waals surface area (Å²) in [6, 6.07) is 3.57. The highest BCUT2D eigenvalue weighted by molar-refractivity contribution is 5.83. The number of carboxylic acids is 1. The zero-order chi connectivity index (χ0) is 14.5. The molecule has 1 aliphatic rings. The van der Waals surface area contributed by atoms with E-state index in [0.29, 0.717) is 6.07 Å². The van der Waals surface area contributed by atoms with E-state index in [1.165, 1.54) is 0 Å². The first-order valence-corrected chi connectivity index (χ1v) is 5.36. The Balaban J connectivity index is 2.43. The molecule has 1 N–H and O–H groups in total. The van der Waals surface area contributed by atoms with Crippen LogP contribution in [-0.2, 0) is 16.4 Å². The summed E-state index contributed by atoms with van der Waals surface area (Å²) in [5.74, 6) is -4.68. The Kier molecular flexibility index (Phi) is 2.84. The van der Waals surface area contributed by atoms with E-state index in [-0.39, 0.29) is 5.56 Å². The van der Waals surface area contributed by atoms with Gasteiger partial charge in [-0.15, -0.1) is 0 Å². The highest BCUT2D eigenvalue weighted by Crippen LogP contribution is 2.54. The van der Waals surface area contributed by atoms with Gasteiger partial charge in [-0.25, -0.2) is 8.78 Å². The van der Waals surface area contributed by atoms with Gasteiger partial charge in [-0.05, 0) is 11.6 Å². The van der Waals surface area contributed by atoms with Gasteiger partial charge >= 0.3 is 12.1 Å². The van der Waals surface area contributed by atoms with Crippen molar-refractivity contribution in [2.24, 2.45) is 0 Å². The maximum atomic E-state index is 12.9. The van der Waals surface area contributed by atoms with Gasteiger partial charge in [0.25, 0.3) is 5.92 Å². The molecule has 0 bridgehead atoms. The topological polar surface area (TPSA) is 37.3 Å². The molecule has 2 nitrogen and oxygen atoms in total. The SMILES string of the molecule is O=C(O)C1(c2cccc(C(F)(F)F)c2)CC(F)(F)C1. The number of hydrogen-bond acceptors (Lipinski definition) is 1. The smallest absolute Gasteiger partial charge is 0.416 e. The fraction of sp³-hybridized carbons (Fsp3) is 0.417. The fourth-order valence-corrected chi connectivity index (χ4v) is 2.30. The Morgan fingerprint density at radius 2 is 1.79 bits per heavy atom. The molecule has 0 radical (unpaired) electrons. The van der Waals surface area contributed by atoms with E-state index in [1.807, 2.05) is 0 Å². The lowest BCUT2D eigenvalue weighted by Crippen LogP contribution is -2.54. The van der Waals surface area contributed by atoms with Crippen LogP contribution in [0.15, 0.2) is 24.3 Å². The molecule has 2 rings (SSSR count). The van der Waals surface area contributed by atoms with Gasteiger partial charge in [0.2, 0.25) is 0 Å². The van der Waals surface area contributed by atoms with Crippen molar-refractivity contribution in [3.05, 3.63) is 35.4 Å². The van der Waals surface area contributed by atoms with Crippen molar-refractivity contribution in [2.45, 2.75) is 30.4 Å². The fourth-order valence-electron chi connectivity index (χ4n) is 2.30. The second-order valence-electron chi connectivity index (χ2n) is 4.68. The molecule has 1 aliphatic carbocycles. The number of halogens is 5. The lowest BCUT2D eigenvalue weighted by Gasteiger charge is -2.44. The number of hydrogen-bond donors (Lipinski definition) is 1. The summed E-state index contributed by atoms with van der Waals surface area (Å²) < 4.78 is 63.5. The molecule has 0 spiro atoms. The first-order chi connectivity index (χ1) is 8.57. The molecule has 104 valence electrons. The van der Waals surface area contributed by atoms with E-state index in [4.69, 9.17) is 5.11 Å². The van der Waals surface area contributed by atoms with Crippen molar-refractivity contribution in [3.8, 4) is 0 Å². The largest absolute Gasteiger partial charge is 0.481 e. The van der Waals surface area contributed by atoms with Crippen molar-refractivity contribution in [1.82, 2.24) is 0 Å². The van der Waals surface area contributed by atoms with Gasteiger partial charge in [0.05, 0.1) is 5.56 Å². The molecule has 0 saturated heterocycles. The molecule has 0 aliphatic heterocycles. The zero-order valence-electron chi connectivity index (χ0n) is 9.47. The Bertz CT molecular complexity index is 513. The maximum absolute atomic E-state index is 12.9. The standard InChI is InChI=1S/C12H9F5O2/c13-11(14)5-10(6-11,9(18)19)7-2-1-3-8(4-7)12(15,16)17/h1-4H,5-6H2,(H,18,19). The second kappa shape index (κ2) is 3.91. The molecule has 1 fully saturated rings. The van der Waals surface area contributed by atoms with E-state index in [9.17, 15) is 26.7 Å². The van der Waals surface area contributed by atoms with E-state index in [2.05, 4.69) is 0 Å². The van der Waals surface area contributed by atoms with Gasteiger partial charge in [0.1, 0.15) is 5.41 Å². The van der Waals surface area contributed by atoms with Crippen LogP contribution in [0.3, 0.4) is 0 Å². The summed E-state index contributed by atoms with van der Waals surface area (Å²) in [5.41, 5.74) is -3.20. The summed E-state index contributed by atoms with van der Waals surface area (Å²) in [5, 5.41) is 9.05. The molecule has 0 unspecified atom stereocenters. The quantitative estimate of drug-likeness (QED) is 0.842. The van der Waals surface area contributed by atoms with Crippen LogP contribution in [0, 0.1) is 0 Å². The van der Waals surface area contributed by atoms with E-state index < -0.39 is 41.9 Å². The van der Waals surface area contributed by atoms with Gasteiger partial charge in [-0.2, -0.15) is 13.2 Å². The Hall–Kier alpha value is -1.66. The molecular formula is C12H9F5O2. The molecule has 1 saturated carbocycles. The maximum Gasteiger partial charge on any atom is 0.416 e. The summed E-state index contributed by atoms with van der Waals surface area (Å²) in [6.45, 7) is 0. The van der Waals surface area contributed by atoms with Gasteiger partial charge in [0.15, 0.2) is 0 Å². The Morgan fingerprint density at radius 1 is 1.21 bits per heavy atom.